The summed E-state index contributed by atoms with van der Waals surface area (Å²) >= 11 is 0. The zero-order chi connectivity index (χ0) is 19.8. The maximum absolute atomic E-state index is 12.4. The smallest absolute Gasteiger partial charge is 0.255 e. The molecule has 1 heterocycles. The summed E-state index contributed by atoms with van der Waals surface area (Å²) in [6, 6.07) is 19.0. The molecule has 0 saturated heterocycles. The predicted molar refractivity (Wildman–Crippen MR) is 110 cm³/mol. The van der Waals surface area contributed by atoms with E-state index < -0.39 is 0 Å². The molecule has 2 aromatic carbocycles. The van der Waals surface area contributed by atoms with Gasteiger partial charge in [0, 0.05) is 12.1 Å². The van der Waals surface area contributed by atoms with E-state index in [1.54, 1.807) is 31.5 Å². The largest absolute Gasteiger partial charge is 0.493 e. The van der Waals surface area contributed by atoms with E-state index in [1.807, 2.05) is 30.3 Å². The van der Waals surface area contributed by atoms with Gasteiger partial charge in [0.1, 0.15) is 5.82 Å². The Morgan fingerprint density at radius 2 is 1.75 bits per heavy atom. The monoisotopic (exact) mass is 377 g/mol. The second kappa shape index (κ2) is 9.41. The van der Waals surface area contributed by atoms with Gasteiger partial charge in [0.15, 0.2) is 11.5 Å². The number of methoxy groups -OCH3 is 2. The van der Waals surface area contributed by atoms with Crippen molar-refractivity contribution in [1.82, 2.24) is 4.98 Å². The molecule has 28 heavy (non-hydrogen) atoms. The Morgan fingerprint density at radius 3 is 2.43 bits per heavy atom. The van der Waals surface area contributed by atoms with E-state index in [1.165, 1.54) is 12.7 Å². The van der Waals surface area contributed by atoms with E-state index in [0.717, 1.165) is 18.8 Å². The second-order valence-corrected chi connectivity index (χ2v) is 6.12. The van der Waals surface area contributed by atoms with Crippen molar-refractivity contribution in [2.75, 3.05) is 31.4 Å². The number of benzene rings is 2. The first-order valence-electron chi connectivity index (χ1n) is 8.97. The number of hydrogen-bond donors (Lipinski definition) is 2. The minimum Gasteiger partial charge on any atom is -0.493 e. The third kappa shape index (κ3) is 5.01. The molecule has 0 aliphatic heterocycles. The number of carbonyl (C=O) groups excluding carboxylic acids is 1. The topological polar surface area (TPSA) is 72.5 Å². The van der Waals surface area contributed by atoms with Gasteiger partial charge in [-0.1, -0.05) is 30.3 Å². The zero-order valence-electron chi connectivity index (χ0n) is 15.9. The molecule has 1 aromatic heterocycles. The molecule has 144 valence electrons. The first-order valence-corrected chi connectivity index (χ1v) is 8.97. The van der Waals surface area contributed by atoms with Crippen molar-refractivity contribution in [3.05, 3.63) is 78.0 Å². The molecule has 0 aliphatic rings. The third-order valence-electron chi connectivity index (χ3n) is 4.23. The summed E-state index contributed by atoms with van der Waals surface area (Å²) in [6.07, 6.45) is 2.55. The van der Waals surface area contributed by atoms with Gasteiger partial charge in [-0.25, -0.2) is 4.98 Å². The lowest BCUT2D eigenvalue weighted by Crippen LogP contribution is -2.12. The minimum absolute atomic E-state index is 0.243. The van der Waals surface area contributed by atoms with Crippen LogP contribution in [0.25, 0.3) is 0 Å². The highest BCUT2D eigenvalue weighted by Gasteiger charge is 2.11. The fourth-order valence-electron chi connectivity index (χ4n) is 2.73. The van der Waals surface area contributed by atoms with Crippen molar-refractivity contribution in [3.63, 3.8) is 0 Å². The van der Waals surface area contributed by atoms with Gasteiger partial charge in [-0.15, -0.1) is 0 Å². The summed E-state index contributed by atoms with van der Waals surface area (Å²) in [5, 5.41) is 6.11. The number of nitrogens with one attached hydrogen (secondary N) is 2. The normalized spacial score (nSPS) is 10.2. The molecule has 3 aromatic rings. The van der Waals surface area contributed by atoms with Crippen LogP contribution in [0.3, 0.4) is 0 Å². The van der Waals surface area contributed by atoms with Gasteiger partial charge in [0.2, 0.25) is 0 Å². The Labute approximate surface area is 164 Å². The van der Waals surface area contributed by atoms with Crippen molar-refractivity contribution in [3.8, 4) is 11.5 Å². The molecule has 0 radical (unpaired) electrons. The van der Waals surface area contributed by atoms with Gasteiger partial charge in [0.05, 0.1) is 26.1 Å². The molecule has 3 rings (SSSR count). The van der Waals surface area contributed by atoms with Crippen molar-refractivity contribution in [1.29, 1.82) is 0 Å². The number of hydrogen-bond acceptors (Lipinski definition) is 5. The molecular formula is C22H23N3O3. The molecule has 0 fully saturated rings. The summed E-state index contributed by atoms with van der Waals surface area (Å²) in [7, 11) is 3.09. The van der Waals surface area contributed by atoms with Crippen LogP contribution in [-0.4, -0.2) is 31.7 Å². The van der Waals surface area contributed by atoms with E-state index in [9.17, 15) is 4.79 Å². The van der Waals surface area contributed by atoms with E-state index in [2.05, 4.69) is 27.8 Å². The zero-order valence-corrected chi connectivity index (χ0v) is 15.9. The average molecular weight is 377 g/mol. The maximum Gasteiger partial charge on any atom is 0.255 e. The SMILES string of the molecule is COc1ccc(C(=O)Nc2ccc(NCCc3ccccc3)nc2)cc1OC. The maximum atomic E-state index is 12.4. The fraction of sp³-hybridized carbons (Fsp3) is 0.182. The molecular weight excluding hydrogens is 354 g/mol. The second-order valence-electron chi connectivity index (χ2n) is 6.12. The Balaban J connectivity index is 1.55. The van der Waals surface area contributed by atoms with Crippen LogP contribution in [0, 0.1) is 0 Å². The van der Waals surface area contributed by atoms with Crippen LogP contribution >= 0.6 is 0 Å². The standard InChI is InChI=1S/C22H23N3O3/c1-27-19-10-8-17(14-20(19)28-2)22(26)25-18-9-11-21(24-15-18)23-13-12-16-6-4-3-5-7-16/h3-11,14-15H,12-13H2,1-2H3,(H,23,24)(H,25,26). The van der Waals surface area contributed by atoms with Gasteiger partial charge in [-0.3, -0.25) is 4.79 Å². The van der Waals surface area contributed by atoms with Gasteiger partial charge in [-0.2, -0.15) is 0 Å². The van der Waals surface area contributed by atoms with Crippen LogP contribution in [0.4, 0.5) is 11.5 Å². The number of carbonyl (C=O) groups is 1. The number of rotatable bonds is 8. The molecule has 6 heteroatoms. The highest BCUT2D eigenvalue weighted by molar-refractivity contribution is 6.04. The Bertz CT molecular complexity index is 912. The first kappa shape index (κ1) is 19.2. The van der Waals surface area contributed by atoms with Crippen LogP contribution in [0.1, 0.15) is 15.9 Å². The highest BCUT2D eigenvalue weighted by Crippen LogP contribution is 2.27. The van der Waals surface area contributed by atoms with E-state index in [-0.39, 0.29) is 5.91 Å². The summed E-state index contributed by atoms with van der Waals surface area (Å²) in [5.74, 6) is 1.60. The Kier molecular flexibility index (Phi) is 6.46. The van der Waals surface area contributed by atoms with Crippen LogP contribution in [-0.2, 0) is 6.42 Å². The van der Waals surface area contributed by atoms with Crippen molar-refractivity contribution < 1.29 is 14.3 Å². The van der Waals surface area contributed by atoms with E-state index in [0.29, 0.717) is 22.7 Å². The van der Waals surface area contributed by atoms with Crippen molar-refractivity contribution in [2.24, 2.45) is 0 Å². The van der Waals surface area contributed by atoms with Crippen molar-refractivity contribution in [2.45, 2.75) is 6.42 Å². The molecule has 0 unspecified atom stereocenters. The fourth-order valence-corrected chi connectivity index (χ4v) is 2.73. The molecule has 0 bridgehead atoms. The quantitative estimate of drug-likeness (QED) is 0.621. The van der Waals surface area contributed by atoms with E-state index in [4.69, 9.17) is 9.47 Å². The van der Waals surface area contributed by atoms with Crippen LogP contribution in [0.2, 0.25) is 0 Å². The number of amides is 1. The molecule has 0 saturated carbocycles. The lowest BCUT2D eigenvalue weighted by Gasteiger charge is -2.10. The summed E-state index contributed by atoms with van der Waals surface area (Å²) < 4.78 is 10.4. The van der Waals surface area contributed by atoms with E-state index >= 15 is 0 Å². The Morgan fingerprint density at radius 1 is 0.964 bits per heavy atom. The molecule has 2 N–H and O–H groups in total. The minimum atomic E-state index is -0.243. The molecule has 0 atom stereocenters. The highest BCUT2D eigenvalue weighted by atomic mass is 16.5. The first-order chi connectivity index (χ1) is 13.7. The van der Waals surface area contributed by atoms with Crippen molar-refractivity contribution >= 4 is 17.4 Å². The van der Waals surface area contributed by atoms with Crippen LogP contribution in [0.5, 0.6) is 11.5 Å². The lowest BCUT2D eigenvalue weighted by atomic mass is 10.1. The number of nitrogens with zero attached hydrogens (tertiary/aromatic N) is 1. The number of pyridine rings is 1. The molecule has 6 nitrogen and oxygen atoms in total. The number of aromatic nitrogens is 1. The molecule has 1 amide bonds. The number of anilines is 2. The lowest BCUT2D eigenvalue weighted by molar-refractivity contribution is 0.102. The summed E-state index contributed by atoms with van der Waals surface area (Å²) in [6.45, 7) is 0.786. The van der Waals surface area contributed by atoms with Crippen LogP contribution in [0.15, 0.2) is 66.9 Å². The summed E-state index contributed by atoms with van der Waals surface area (Å²) in [5.41, 5.74) is 2.37. The van der Waals surface area contributed by atoms with Gasteiger partial charge in [-0.05, 0) is 42.3 Å². The summed E-state index contributed by atoms with van der Waals surface area (Å²) in [4.78, 5) is 16.8. The van der Waals surface area contributed by atoms with Gasteiger partial charge in [0.25, 0.3) is 5.91 Å². The Hall–Kier alpha value is -3.54. The third-order valence-corrected chi connectivity index (χ3v) is 4.23. The van der Waals surface area contributed by atoms with Crippen LogP contribution < -0.4 is 20.1 Å². The number of ether oxygens (including phenoxy) is 2. The average Bonchev–Trinajstić information content (AvgIpc) is 2.75. The van der Waals surface area contributed by atoms with Gasteiger partial charge < -0.3 is 20.1 Å². The van der Waals surface area contributed by atoms with Gasteiger partial charge >= 0.3 is 0 Å². The molecule has 0 spiro atoms. The predicted octanol–water partition coefficient (Wildman–Crippen LogP) is 4.01. The molecule has 0 aliphatic carbocycles.